The van der Waals surface area contributed by atoms with Crippen LogP contribution < -0.4 is 0 Å². The minimum Gasteiger partial charge on any atom is -0.390 e. The molecule has 6 atom stereocenters. The van der Waals surface area contributed by atoms with E-state index in [2.05, 4.69) is 10.2 Å². The van der Waals surface area contributed by atoms with Gasteiger partial charge in [0.15, 0.2) is 6.04 Å². The first-order valence-corrected chi connectivity index (χ1v) is 8.97. The molecule has 134 valence electrons. The summed E-state index contributed by atoms with van der Waals surface area (Å²) in [5.41, 5.74) is 0. The Balaban J connectivity index is 1.69. The molecular weight excluding hydrogens is 312 g/mol. The summed E-state index contributed by atoms with van der Waals surface area (Å²) in [5, 5.41) is 29.9. The molecule has 8 heteroatoms. The average molecular weight is 338 g/mol. The number of carbonyl (C=O) groups excluding carboxylic acids is 1. The van der Waals surface area contributed by atoms with Gasteiger partial charge in [-0.05, 0) is 25.7 Å². The van der Waals surface area contributed by atoms with Crippen molar-refractivity contribution in [3.63, 3.8) is 0 Å². The van der Waals surface area contributed by atoms with E-state index in [9.17, 15) is 20.0 Å². The fourth-order valence-corrected chi connectivity index (χ4v) is 4.49. The number of likely N-dealkylation sites (tertiary alicyclic amines) is 1. The van der Waals surface area contributed by atoms with Crippen LogP contribution in [0.3, 0.4) is 0 Å². The van der Waals surface area contributed by atoms with Crippen molar-refractivity contribution < 1.29 is 14.8 Å². The standard InChI is InChI=1S/C16H26N4O4/c1-19-13-8-3-2-7-12(13)15(21)14(16(19)22)18-17-10-5-4-6-11(9-10)20(23)24/h10-15,21H,2-9H2,1H3/t10-,11+,12+,13+,14-,15-/m1/s1. The quantitative estimate of drug-likeness (QED) is 0.480. The van der Waals surface area contributed by atoms with Crippen molar-refractivity contribution in [2.24, 2.45) is 16.1 Å². The van der Waals surface area contributed by atoms with Crippen LogP contribution in [0.25, 0.3) is 0 Å². The molecule has 3 rings (SSSR count). The number of azo groups is 1. The van der Waals surface area contributed by atoms with E-state index in [0.29, 0.717) is 12.8 Å². The molecule has 24 heavy (non-hydrogen) atoms. The number of piperidine rings is 1. The predicted molar refractivity (Wildman–Crippen MR) is 86.2 cm³/mol. The number of aliphatic hydroxyl groups is 1. The molecule has 0 bridgehead atoms. The molecule has 1 N–H and O–H groups in total. The summed E-state index contributed by atoms with van der Waals surface area (Å²) in [4.78, 5) is 25.0. The van der Waals surface area contributed by atoms with E-state index >= 15 is 0 Å². The molecule has 8 nitrogen and oxygen atoms in total. The molecule has 3 aliphatic rings. The zero-order valence-corrected chi connectivity index (χ0v) is 14.1. The SMILES string of the molecule is CN1C(=O)[C@H](N=N[C@@H]2CCC[C@H]([N+](=O)[O-])C2)[C@H](O)[C@H]2CCCC[C@@H]21. The number of carbonyl (C=O) groups is 1. The fourth-order valence-electron chi connectivity index (χ4n) is 4.49. The van der Waals surface area contributed by atoms with Crippen LogP contribution in [0.2, 0.25) is 0 Å². The normalized spacial score (nSPS) is 40.6. The maximum Gasteiger partial charge on any atom is 0.252 e. The smallest absolute Gasteiger partial charge is 0.252 e. The van der Waals surface area contributed by atoms with Gasteiger partial charge in [-0.1, -0.05) is 12.8 Å². The number of amides is 1. The Labute approximate surface area is 141 Å². The summed E-state index contributed by atoms with van der Waals surface area (Å²) in [6, 6.07) is -1.55. The van der Waals surface area contributed by atoms with E-state index in [0.717, 1.165) is 38.5 Å². The van der Waals surface area contributed by atoms with E-state index in [1.807, 2.05) is 0 Å². The highest BCUT2D eigenvalue weighted by atomic mass is 16.6. The van der Waals surface area contributed by atoms with Crippen molar-refractivity contribution in [3.8, 4) is 0 Å². The maximum absolute atomic E-state index is 12.5. The van der Waals surface area contributed by atoms with Gasteiger partial charge >= 0.3 is 0 Å². The number of nitrogens with zero attached hydrogens (tertiary/aromatic N) is 4. The van der Waals surface area contributed by atoms with Gasteiger partial charge in [0.1, 0.15) is 0 Å². The number of hydrogen-bond donors (Lipinski definition) is 1. The summed E-state index contributed by atoms with van der Waals surface area (Å²) >= 11 is 0. The molecule has 0 aromatic rings. The maximum atomic E-state index is 12.5. The Kier molecular flexibility index (Phi) is 5.12. The van der Waals surface area contributed by atoms with Gasteiger partial charge < -0.3 is 10.0 Å². The molecule has 0 spiro atoms. The Morgan fingerprint density at radius 1 is 1.17 bits per heavy atom. The van der Waals surface area contributed by atoms with Crippen LogP contribution in [0, 0.1) is 16.0 Å². The second-order valence-corrected chi connectivity index (χ2v) is 7.39. The third-order valence-corrected chi connectivity index (χ3v) is 5.91. The zero-order chi connectivity index (χ0) is 17.3. The molecule has 0 radical (unpaired) electrons. The Morgan fingerprint density at radius 3 is 2.67 bits per heavy atom. The first-order valence-electron chi connectivity index (χ1n) is 8.97. The largest absolute Gasteiger partial charge is 0.390 e. The molecule has 1 amide bonds. The molecule has 2 saturated carbocycles. The van der Waals surface area contributed by atoms with Crippen molar-refractivity contribution in [2.75, 3.05) is 7.05 Å². The summed E-state index contributed by atoms with van der Waals surface area (Å²) in [5.74, 6) is -0.126. The van der Waals surface area contributed by atoms with Gasteiger partial charge in [0.05, 0.1) is 12.1 Å². The highest BCUT2D eigenvalue weighted by Crippen LogP contribution is 2.36. The molecule has 0 unspecified atom stereocenters. The van der Waals surface area contributed by atoms with Crippen molar-refractivity contribution in [1.82, 2.24) is 4.90 Å². The van der Waals surface area contributed by atoms with E-state index in [-0.39, 0.29) is 28.8 Å². The van der Waals surface area contributed by atoms with Crippen LogP contribution in [0.1, 0.15) is 51.4 Å². The van der Waals surface area contributed by atoms with E-state index < -0.39 is 18.2 Å². The average Bonchev–Trinajstić information content (AvgIpc) is 2.60. The van der Waals surface area contributed by atoms with E-state index in [1.54, 1.807) is 11.9 Å². The van der Waals surface area contributed by atoms with Gasteiger partial charge in [0, 0.05) is 36.8 Å². The highest BCUT2D eigenvalue weighted by Gasteiger charge is 2.47. The second-order valence-electron chi connectivity index (χ2n) is 7.39. The molecule has 1 saturated heterocycles. The molecule has 3 fully saturated rings. The first kappa shape index (κ1) is 17.3. The van der Waals surface area contributed by atoms with Gasteiger partial charge in [0.2, 0.25) is 6.04 Å². The van der Waals surface area contributed by atoms with Crippen molar-refractivity contribution >= 4 is 5.91 Å². The molecular formula is C16H26N4O4. The predicted octanol–water partition coefficient (Wildman–Crippen LogP) is 1.79. The Hall–Kier alpha value is -1.57. The molecule has 1 aliphatic heterocycles. The summed E-state index contributed by atoms with van der Waals surface area (Å²) < 4.78 is 0. The van der Waals surface area contributed by atoms with Gasteiger partial charge in [-0.2, -0.15) is 10.2 Å². The van der Waals surface area contributed by atoms with Crippen LogP contribution >= 0.6 is 0 Å². The lowest BCUT2D eigenvalue weighted by Crippen LogP contribution is -2.60. The van der Waals surface area contributed by atoms with Crippen LogP contribution in [-0.2, 0) is 4.79 Å². The van der Waals surface area contributed by atoms with E-state index in [1.165, 1.54) is 0 Å². The highest BCUT2D eigenvalue weighted by molar-refractivity contribution is 5.83. The third-order valence-electron chi connectivity index (χ3n) is 5.91. The van der Waals surface area contributed by atoms with Crippen LogP contribution in [0.5, 0.6) is 0 Å². The zero-order valence-electron chi connectivity index (χ0n) is 14.1. The number of nitro groups is 1. The number of rotatable bonds is 3. The number of aliphatic hydroxyl groups excluding tert-OH is 1. The number of hydrogen-bond acceptors (Lipinski definition) is 6. The van der Waals surface area contributed by atoms with Gasteiger partial charge in [-0.3, -0.25) is 14.9 Å². The van der Waals surface area contributed by atoms with Gasteiger partial charge in [0.25, 0.3) is 5.91 Å². The third kappa shape index (κ3) is 3.29. The minimum absolute atomic E-state index is 0.0586. The van der Waals surface area contributed by atoms with Crippen molar-refractivity contribution in [2.45, 2.75) is 81.6 Å². The molecule has 1 heterocycles. The van der Waals surface area contributed by atoms with Crippen molar-refractivity contribution in [3.05, 3.63) is 10.1 Å². The lowest BCUT2D eigenvalue weighted by molar-refractivity contribution is -0.526. The monoisotopic (exact) mass is 338 g/mol. The number of likely N-dealkylation sites (N-methyl/N-ethyl adjacent to an activating group) is 1. The van der Waals surface area contributed by atoms with Gasteiger partial charge in [-0.25, -0.2) is 0 Å². The Morgan fingerprint density at radius 2 is 1.92 bits per heavy atom. The fraction of sp³-hybridized carbons (Fsp3) is 0.938. The second kappa shape index (κ2) is 7.13. The van der Waals surface area contributed by atoms with Crippen molar-refractivity contribution in [1.29, 1.82) is 0 Å². The topological polar surface area (TPSA) is 108 Å². The van der Waals surface area contributed by atoms with Crippen LogP contribution in [0.4, 0.5) is 0 Å². The summed E-state index contributed by atoms with van der Waals surface area (Å²) in [6.07, 6.45) is 5.65. The summed E-state index contributed by atoms with van der Waals surface area (Å²) in [7, 11) is 1.78. The van der Waals surface area contributed by atoms with E-state index in [4.69, 9.17) is 0 Å². The summed E-state index contributed by atoms with van der Waals surface area (Å²) in [6.45, 7) is 0. The lowest BCUT2D eigenvalue weighted by atomic mass is 9.75. The van der Waals surface area contributed by atoms with Gasteiger partial charge in [-0.15, -0.1) is 0 Å². The first-order chi connectivity index (χ1) is 11.5. The Bertz CT molecular complexity index is 526. The minimum atomic E-state index is -0.856. The van der Waals surface area contributed by atoms with Crippen LogP contribution in [-0.4, -0.2) is 58.2 Å². The number of fused-ring (bicyclic) bond motifs is 1. The molecule has 2 aliphatic carbocycles. The lowest BCUT2D eigenvalue weighted by Gasteiger charge is -2.46. The van der Waals surface area contributed by atoms with Crippen LogP contribution in [0.15, 0.2) is 10.2 Å². The molecule has 0 aromatic heterocycles. The molecule has 0 aromatic carbocycles.